The maximum atomic E-state index is 13.6. The summed E-state index contributed by atoms with van der Waals surface area (Å²) in [6, 6.07) is 18.4. The van der Waals surface area contributed by atoms with E-state index in [0.717, 1.165) is 40.6 Å². The first-order valence-electron chi connectivity index (χ1n) is 7.81. The number of imidazole rings is 1. The summed E-state index contributed by atoms with van der Waals surface area (Å²) in [5.41, 5.74) is 2.97. The molecule has 3 nitrogen and oxygen atoms in total. The Morgan fingerprint density at radius 3 is 2.52 bits per heavy atom. The average molecular weight is 336 g/mol. The highest BCUT2D eigenvalue weighted by Gasteiger charge is 2.07. The molecule has 3 aromatic carbocycles. The number of benzene rings is 3. The number of hydrogen-bond acceptors (Lipinski definition) is 2. The lowest BCUT2D eigenvalue weighted by Crippen LogP contribution is -1.99. The van der Waals surface area contributed by atoms with Crippen molar-refractivity contribution in [3.8, 4) is 17.1 Å². The Labute approximate surface area is 142 Å². The molecule has 0 fully saturated rings. The van der Waals surface area contributed by atoms with Crippen LogP contribution in [0, 0.1) is 11.6 Å². The maximum absolute atomic E-state index is 13.6. The molecule has 1 aromatic heterocycles. The van der Waals surface area contributed by atoms with Gasteiger partial charge in [0.1, 0.15) is 29.8 Å². The molecule has 0 unspecified atom stereocenters. The molecule has 4 aromatic rings. The van der Waals surface area contributed by atoms with Gasteiger partial charge in [0.25, 0.3) is 0 Å². The van der Waals surface area contributed by atoms with E-state index in [2.05, 4.69) is 9.97 Å². The van der Waals surface area contributed by atoms with Crippen LogP contribution in [0.2, 0.25) is 0 Å². The first-order valence-corrected chi connectivity index (χ1v) is 7.81. The third-order valence-electron chi connectivity index (χ3n) is 3.92. The summed E-state index contributed by atoms with van der Waals surface area (Å²) in [6.45, 7) is -0.0341. The van der Waals surface area contributed by atoms with E-state index in [9.17, 15) is 8.78 Å². The molecule has 0 aliphatic carbocycles. The number of aromatic amines is 1. The van der Waals surface area contributed by atoms with Gasteiger partial charge in [0.05, 0.1) is 11.0 Å². The van der Waals surface area contributed by atoms with Crippen LogP contribution < -0.4 is 4.74 Å². The van der Waals surface area contributed by atoms with Crippen molar-refractivity contribution in [1.29, 1.82) is 0 Å². The molecule has 0 saturated carbocycles. The van der Waals surface area contributed by atoms with E-state index >= 15 is 0 Å². The van der Waals surface area contributed by atoms with Gasteiger partial charge < -0.3 is 9.72 Å². The highest BCUT2D eigenvalue weighted by Crippen LogP contribution is 2.23. The summed E-state index contributed by atoms with van der Waals surface area (Å²) < 4.78 is 32.3. The molecule has 0 bridgehead atoms. The highest BCUT2D eigenvalue weighted by molar-refractivity contribution is 5.79. The van der Waals surface area contributed by atoms with Crippen LogP contribution in [0.3, 0.4) is 0 Å². The monoisotopic (exact) mass is 336 g/mol. The molecule has 0 aliphatic heterocycles. The standard InChI is InChI=1S/C20H14F2N2O/c21-15-7-10-17(22)14(11-15)12-25-16-8-5-13(6-9-16)20-23-18-3-1-2-4-19(18)24-20/h1-11H,12H2,(H,23,24). The van der Waals surface area contributed by atoms with E-state index in [1.165, 1.54) is 0 Å². The Kier molecular flexibility index (Phi) is 3.90. The zero-order valence-corrected chi connectivity index (χ0v) is 13.2. The molecule has 0 aliphatic rings. The molecular weight excluding hydrogens is 322 g/mol. The third kappa shape index (κ3) is 3.21. The number of ether oxygens (including phenoxy) is 1. The number of aromatic nitrogens is 2. The van der Waals surface area contributed by atoms with Crippen LogP contribution in [0.25, 0.3) is 22.4 Å². The van der Waals surface area contributed by atoms with Crippen molar-refractivity contribution < 1.29 is 13.5 Å². The van der Waals surface area contributed by atoms with Crippen molar-refractivity contribution in [3.05, 3.63) is 83.9 Å². The normalized spacial score (nSPS) is 11.0. The first-order chi connectivity index (χ1) is 12.2. The van der Waals surface area contributed by atoms with Crippen molar-refractivity contribution in [2.45, 2.75) is 6.61 Å². The summed E-state index contributed by atoms with van der Waals surface area (Å²) in [5, 5.41) is 0. The smallest absolute Gasteiger partial charge is 0.138 e. The molecule has 1 N–H and O–H groups in total. The Balaban J connectivity index is 1.51. The molecule has 0 atom stereocenters. The molecule has 0 amide bonds. The Hall–Kier alpha value is -3.21. The van der Waals surface area contributed by atoms with E-state index in [1.807, 2.05) is 36.4 Å². The van der Waals surface area contributed by atoms with Gasteiger partial charge in [0.2, 0.25) is 0 Å². The number of nitrogens with zero attached hydrogens (tertiary/aromatic N) is 1. The molecule has 4 rings (SSSR count). The second-order valence-corrected chi connectivity index (χ2v) is 5.65. The minimum absolute atomic E-state index is 0.0341. The second-order valence-electron chi connectivity index (χ2n) is 5.65. The summed E-state index contributed by atoms with van der Waals surface area (Å²) >= 11 is 0. The fraction of sp³-hybridized carbons (Fsp3) is 0.0500. The summed E-state index contributed by atoms with van der Waals surface area (Å²) in [6.07, 6.45) is 0. The minimum atomic E-state index is -0.486. The molecule has 124 valence electrons. The van der Waals surface area contributed by atoms with E-state index in [0.29, 0.717) is 5.75 Å². The van der Waals surface area contributed by atoms with Crippen molar-refractivity contribution in [3.63, 3.8) is 0 Å². The molecule has 0 radical (unpaired) electrons. The Bertz CT molecular complexity index is 992. The number of H-pyrrole nitrogens is 1. The minimum Gasteiger partial charge on any atom is -0.489 e. The zero-order valence-electron chi connectivity index (χ0n) is 13.2. The van der Waals surface area contributed by atoms with Crippen molar-refractivity contribution >= 4 is 11.0 Å². The van der Waals surface area contributed by atoms with Crippen LogP contribution in [0.4, 0.5) is 8.78 Å². The van der Waals surface area contributed by atoms with E-state index in [4.69, 9.17) is 4.74 Å². The van der Waals surface area contributed by atoms with Crippen LogP contribution in [-0.2, 0) is 6.61 Å². The number of hydrogen-bond donors (Lipinski definition) is 1. The quantitative estimate of drug-likeness (QED) is 0.564. The molecule has 0 saturated heterocycles. The van der Waals surface area contributed by atoms with Crippen LogP contribution in [0.5, 0.6) is 5.75 Å². The first kappa shape index (κ1) is 15.3. The summed E-state index contributed by atoms with van der Waals surface area (Å²) in [7, 11) is 0. The fourth-order valence-electron chi connectivity index (χ4n) is 2.61. The van der Waals surface area contributed by atoms with E-state index < -0.39 is 11.6 Å². The Morgan fingerprint density at radius 1 is 0.920 bits per heavy atom. The van der Waals surface area contributed by atoms with Crippen molar-refractivity contribution in [2.75, 3.05) is 0 Å². The molecule has 1 heterocycles. The van der Waals surface area contributed by atoms with E-state index in [1.54, 1.807) is 12.1 Å². The van der Waals surface area contributed by atoms with Gasteiger partial charge in [-0.1, -0.05) is 12.1 Å². The van der Waals surface area contributed by atoms with Crippen LogP contribution in [-0.4, -0.2) is 9.97 Å². The number of rotatable bonds is 4. The SMILES string of the molecule is Fc1ccc(F)c(COc2ccc(-c3nc4ccccc4[nH]3)cc2)c1. The van der Waals surface area contributed by atoms with Gasteiger partial charge in [0, 0.05) is 11.1 Å². The van der Waals surface area contributed by atoms with Gasteiger partial charge in [-0.05, 0) is 54.6 Å². The average Bonchev–Trinajstić information content (AvgIpc) is 3.07. The van der Waals surface area contributed by atoms with Crippen LogP contribution in [0.15, 0.2) is 66.7 Å². The lowest BCUT2D eigenvalue weighted by Gasteiger charge is -2.08. The van der Waals surface area contributed by atoms with Crippen molar-refractivity contribution in [1.82, 2.24) is 9.97 Å². The summed E-state index contributed by atoms with van der Waals surface area (Å²) in [4.78, 5) is 7.80. The largest absolute Gasteiger partial charge is 0.489 e. The predicted molar refractivity (Wildman–Crippen MR) is 92.2 cm³/mol. The van der Waals surface area contributed by atoms with Crippen molar-refractivity contribution in [2.24, 2.45) is 0 Å². The van der Waals surface area contributed by atoms with Gasteiger partial charge in [-0.15, -0.1) is 0 Å². The number of nitrogens with one attached hydrogen (secondary N) is 1. The topological polar surface area (TPSA) is 37.9 Å². The van der Waals surface area contributed by atoms with Crippen LogP contribution >= 0.6 is 0 Å². The molecule has 5 heteroatoms. The lowest BCUT2D eigenvalue weighted by atomic mass is 10.2. The molecular formula is C20H14F2N2O. The van der Waals surface area contributed by atoms with Gasteiger partial charge in [-0.3, -0.25) is 0 Å². The second kappa shape index (κ2) is 6.36. The van der Waals surface area contributed by atoms with E-state index in [-0.39, 0.29) is 12.2 Å². The maximum Gasteiger partial charge on any atom is 0.138 e. The van der Waals surface area contributed by atoms with Gasteiger partial charge >= 0.3 is 0 Å². The predicted octanol–water partition coefficient (Wildman–Crippen LogP) is 5.09. The zero-order chi connectivity index (χ0) is 17.2. The van der Waals surface area contributed by atoms with Gasteiger partial charge in [0.15, 0.2) is 0 Å². The molecule has 0 spiro atoms. The lowest BCUT2D eigenvalue weighted by molar-refractivity contribution is 0.299. The number of fused-ring (bicyclic) bond motifs is 1. The van der Waals surface area contributed by atoms with Crippen LogP contribution in [0.1, 0.15) is 5.56 Å². The number of para-hydroxylation sites is 2. The third-order valence-corrected chi connectivity index (χ3v) is 3.92. The van der Waals surface area contributed by atoms with Gasteiger partial charge in [-0.25, -0.2) is 13.8 Å². The molecule has 25 heavy (non-hydrogen) atoms. The fourth-order valence-corrected chi connectivity index (χ4v) is 2.61. The van der Waals surface area contributed by atoms with Gasteiger partial charge in [-0.2, -0.15) is 0 Å². The number of halogens is 2. The highest BCUT2D eigenvalue weighted by atomic mass is 19.1. The summed E-state index contributed by atoms with van der Waals surface area (Å²) in [5.74, 6) is 0.368. The Morgan fingerprint density at radius 2 is 1.72 bits per heavy atom.